The summed E-state index contributed by atoms with van der Waals surface area (Å²) in [5, 5.41) is 15.3. The van der Waals surface area contributed by atoms with Gasteiger partial charge in [-0.15, -0.1) is 0 Å². The zero-order valence-electron chi connectivity index (χ0n) is 14.7. The van der Waals surface area contributed by atoms with Gasteiger partial charge in [-0.05, 0) is 42.3 Å². The first-order valence-electron chi connectivity index (χ1n) is 8.86. The normalized spacial score (nSPS) is 20.0. The second-order valence-electron chi connectivity index (χ2n) is 6.75. The van der Waals surface area contributed by atoms with Gasteiger partial charge in [0, 0.05) is 35.8 Å². The van der Waals surface area contributed by atoms with Crippen molar-refractivity contribution >= 4 is 23.0 Å². The topological polar surface area (TPSA) is 57.1 Å². The summed E-state index contributed by atoms with van der Waals surface area (Å²) >= 11 is 6.21. The van der Waals surface area contributed by atoms with Crippen LogP contribution in [0.3, 0.4) is 0 Å². The smallest absolute Gasteiger partial charge is 0.125 e. The van der Waals surface area contributed by atoms with Gasteiger partial charge in [-0.3, -0.25) is 0 Å². The fraction of sp³-hybridized carbons (Fsp3) is 0.350. The third kappa shape index (κ3) is 3.37. The van der Waals surface area contributed by atoms with Gasteiger partial charge >= 0.3 is 0 Å². The minimum absolute atomic E-state index is 0.100. The Morgan fingerprint density at radius 3 is 2.65 bits per heavy atom. The van der Waals surface area contributed by atoms with Crippen LogP contribution in [0.1, 0.15) is 29.2 Å². The second kappa shape index (κ2) is 7.17. The summed E-state index contributed by atoms with van der Waals surface area (Å²) in [4.78, 5) is 2.34. The van der Waals surface area contributed by atoms with E-state index in [-0.39, 0.29) is 11.8 Å². The van der Waals surface area contributed by atoms with E-state index in [2.05, 4.69) is 39.7 Å². The Labute approximate surface area is 158 Å². The van der Waals surface area contributed by atoms with E-state index in [1.165, 1.54) is 11.3 Å². The van der Waals surface area contributed by atoms with Crippen LogP contribution in [0.2, 0.25) is 5.02 Å². The summed E-state index contributed by atoms with van der Waals surface area (Å²) in [5.74, 6) is 0.218. The van der Waals surface area contributed by atoms with Crippen molar-refractivity contribution in [1.82, 2.24) is 5.43 Å². The Morgan fingerprint density at radius 2 is 1.92 bits per heavy atom. The summed E-state index contributed by atoms with van der Waals surface area (Å²) in [6.07, 6.45) is 0.712. The summed E-state index contributed by atoms with van der Waals surface area (Å²) in [6, 6.07) is 12.2. The van der Waals surface area contributed by atoms with Crippen molar-refractivity contribution < 1.29 is 9.84 Å². The van der Waals surface area contributed by atoms with E-state index in [9.17, 15) is 5.11 Å². The number of anilines is 1. The molecule has 0 aromatic heterocycles. The average molecular weight is 372 g/mol. The van der Waals surface area contributed by atoms with Crippen LogP contribution in [-0.4, -0.2) is 37.1 Å². The lowest BCUT2D eigenvalue weighted by Crippen LogP contribution is -2.36. The van der Waals surface area contributed by atoms with E-state index in [4.69, 9.17) is 16.3 Å². The lowest BCUT2D eigenvalue weighted by Gasteiger charge is -2.29. The van der Waals surface area contributed by atoms with Crippen LogP contribution in [0.25, 0.3) is 0 Å². The van der Waals surface area contributed by atoms with Gasteiger partial charge in [-0.25, -0.2) is 0 Å². The molecule has 1 saturated heterocycles. The van der Waals surface area contributed by atoms with Crippen LogP contribution in [0.5, 0.6) is 5.75 Å². The number of hydrogen-bond acceptors (Lipinski definition) is 5. The number of rotatable bonds is 3. The number of aryl methyl sites for hydroxylation is 1. The highest BCUT2D eigenvalue weighted by Gasteiger charge is 2.24. The molecule has 2 aliphatic heterocycles. The minimum atomic E-state index is 0.100. The molecule has 26 heavy (non-hydrogen) atoms. The van der Waals surface area contributed by atoms with Gasteiger partial charge in [-0.2, -0.15) is 5.10 Å². The number of nitrogens with one attached hydrogen (secondary N) is 1. The molecule has 4 rings (SSSR count). The number of ether oxygens (including phenoxy) is 1. The third-order valence-corrected chi connectivity index (χ3v) is 5.42. The lowest BCUT2D eigenvalue weighted by atomic mass is 9.97. The number of hydrazone groups is 1. The van der Waals surface area contributed by atoms with Crippen molar-refractivity contribution in [3.8, 4) is 5.75 Å². The number of nitrogens with zero attached hydrogens (tertiary/aromatic N) is 2. The Hall–Kier alpha value is -2.24. The molecule has 1 fully saturated rings. The summed E-state index contributed by atoms with van der Waals surface area (Å²) in [7, 11) is 0. The van der Waals surface area contributed by atoms with E-state index in [1.807, 2.05) is 6.92 Å². The Bertz CT molecular complexity index is 830. The predicted molar refractivity (Wildman–Crippen MR) is 104 cm³/mol. The lowest BCUT2D eigenvalue weighted by molar-refractivity contribution is 0.122. The number of hydrogen-bond donors (Lipinski definition) is 2. The molecule has 0 radical (unpaired) electrons. The molecule has 2 N–H and O–H groups in total. The first-order valence-corrected chi connectivity index (χ1v) is 9.24. The molecule has 1 unspecified atom stereocenters. The number of phenolic OH excluding ortho intramolecular Hbond substituents is 1. The van der Waals surface area contributed by atoms with E-state index in [0.29, 0.717) is 17.0 Å². The van der Waals surface area contributed by atoms with Gasteiger partial charge in [0.2, 0.25) is 0 Å². The number of phenols is 1. The summed E-state index contributed by atoms with van der Waals surface area (Å²) < 4.78 is 5.41. The second-order valence-corrected chi connectivity index (χ2v) is 7.16. The molecule has 0 amide bonds. The molecule has 6 heteroatoms. The number of benzene rings is 2. The molecule has 0 saturated carbocycles. The van der Waals surface area contributed by atoms with E-state index in [0.717, 1.165) is 37.6 Å². The molecule has 0 spiro atoms. The van der Waals surface area contributed by atoms with Crippen molar-refractivity contribution in [1.29, 1.82) is 0 Å². The van der Waals surface area contributed by atoms with Crippen molar-refractivity contribution in [3.05, 3.63) is 58.1 Å². The quantitative estimate of drug-likeness (QED) is 0.865. The van der Waals surface area contributed by atoms with Gasteiger partial charge < -0.3 is 20.2 Å². The zero-order valence-corrected chi connectivity index (χ0v) is 15.5. The molecular weight excluding hydrogens is 350 g/mol. The highest BCUT2D eigenvalue weighted by atomic mass is 35.5. The standard InChI is InChI=1S/C20H22ClN3O2/c1-13-10-20(25)16(11-17(13)21)19-12-18(22-23-19)14-2-4-15(5-3-14)24-6-8-26-9-7-24/h2-5,10-11,18,22,25H,6-9,12H2,1H3. The Morgan fingerprint density at radius 1 is 1.19 bits per heavy atom. The fourth-order valence-corrected chi connectivity index (χ4v) is 3.60. The number of morpholine rings is 1. The molecule has 2 aromatic rings. The zero-order chi connectivity index (χ0) is 18.1. The van der Waals surface area contributed by atoms with E-state index < -0.39 is 0 Å². The maximum absolute atomic E-state index is 10.2. The van der Waals surface area contributed by atoms with E-state index >= 15 is 0 Å². The molecule has 0 bridgehead atoms. The van der Waals surface area contributed by atoms with Crippen LogP contribution >= 0.6 is 11.6 Å². The van der Waals surface area contributed by atoms with Crippen molar-refractivity contribution in [2.75, 3.05) is 31.2 Å². The summed E-state index contributed by atoms with van der Waals surface area (Å²) in [5.41, 5.74) is 7.96. The van der Waals surface area contributed by atoms with Crippen LogP contribution < -0.4 is 10.3 Å². The van der Waals surface area contributed by atoms with Crippen LogP contribution in [0, 0.1) is 6.92 Å². The number of aromatic hydroxyl groups is 1. The van der Waals surface area contributed by atoms with E-state index in [1.54, 1.807) is 12.1 Å². The third-order valence-electron chi connectivity index (χ3n) is 5.01. The largest absolute Gasteiger partial charge is 0.507 e. The molecule has 2 heterocycles. The predicted octanol–water partition coefficient (Wildman–Crippen LogP) is 3.63. The van der Waals surface area contributed by atoms with Crippen LogP contribution in [-0.2, 0) is 4.74 Å². The Kier molecular flexibility index (Phi) is 4.74. The maximum atomic E-state index is 10.2. The molecule has 136 valence electrons. The average Bonchev–Trinajstić information content (AvgIpc) is 3.15. The van der Waals surface area contributed by atoms with Crippen LogP contribution in [0.15, 0.2) is 41.5 Å². The molecule has 2 aliphatic rings. The summed E-state index contributed by atoms with van der Waals surface area (Å²) in [6.45, 7) is 5.31. The molecule has 5 nitrogen and oxygen atoms in total. The van der Waals surface area contributed by atoms with Crippen molar-refractivity contribution in [2.24, 2.45) is 5.10 Å². The maximum Gasteiger partial charge on any atom is 0.125 e. The fourth-order valence-electron chi connectivity index (χ4n) is 3.44. The molecule has 1 atom stereocenters. The highest BCUT2D eigenvalue weighted by Crippen LogP contribution is 2.32. The monoisotopic (exact) mass is 371 g/mol. The van der Waals surface area contributed by atoms with Gasteiger partial charge in [-0.1, -0.05) is 23.7 Å². The van der Waals surface area contributed by atoms with Gasteiger partial charge in [0.05, 0.1) is 25.0 Å². The molecule has 2 aromatic carbocycles. The van der Waals surface area contributed by atoms with Crippen LogP contribution in [0.4, 0.5) is 5.69 Å². The first kappa shape index (κ1) is 17.2. The minimum Gasteiger partial charge on any atom is -0.507 e. The van der Waals surface area contributed by atoms with Crippen molar-refractivity contribution in [3.63, 3.8) is 0 Å². The SMILES string of the molecule is Cc1cc(O)c(C2=NNC(c3ccc(N4CCOCC4)cc3)C2)cc1Cl. The highest BCUT2D eigenvalue weighted by molar-refractivity contribution is 6.32. The molecule has 0 aliphatic carbocycles. The van der Waals surface area contributed by atoms with Gasteiger partial charge in [0.1, 0.15) is 5.75 Å². The van der Waals surface area contributed by atoms with Gasteiger partial charge in [0.25, 0.3) is 0 Å². The number of halogens is 1. The molecular formula is C20H22ClN3O2. The van der Waals surface area contributed by atoms with Gasteiger partial charge in [0.15, 0.2) is 0 Å². The van der Waals surface area contributed by atoms with Crippen molar-refractivity contribution in [2.45, 2.75) is 19.4 Å². The first-order chi connectivity index (χ1) is 12.6. The Balaban J connectivity index is 1.47.